The number of carbonyl (C=O) groups is 1. The number of hydrogen-bond acceptors (Lipinski definition) is 1. The van der Waals surface area contributed by atoms with Crippen molar-refractivity contribution in [3.63, 3.8) is 0 Å². The zero-order valence-corrected chi connectivity index (χ0v) is 10.4. The Kier molecular flexibility index (Phi) is 5.02. The molecule has 0 saturated heterocycles. The quantitative estimate of drug-likeness (QED) is 0.615. The molecule has 0 heterocycles. The number of halogens is 6. The average molecular weight is 299 g/mol. The summed E-state index contributed by atoms with van der Waals surface area (Å²) in [4.78, 5) is 12.2. The van der Waals surface area contributed by atoms with Gasteiger partial charge in [0, 0.05) is 12.1 Å². The second-order valence-corrected chi connectivity index (χ2v) is 4.10. The smallest absolute Gasteiger partial charge is 0.330 e. The molecule has 0 aromatic heterocycles. The summed E-state index contributed by atoms with van der Waals surface area (Å²) in [5.74, 6) is -6.24. The van der Waals surface area contributed by atoms with Crippen LogP contribution in [0.3, 0.4) is 0 Å². The van der Waals surface area contributed by atoms with E-state index in [-0.39, 0.29) is 13.0 Å². The van der Waals surface area contributed by atoms with Crippen molar-refractivity contribution in [2.45, 2.75) is 19.5 Å². The molecule has 0 spiro atoms. The number of amides is 1. The third kappa shape index (κ3) is 4.14. The summed E-state index contributed by atoms with van der Waals surface area (Å²) in [5.41, 5.74) is -0.668. The van der Waals surface area contributed by atoms with E-state index in [9.17, 15) is 31.1 Å². The van der Waals surface area contributed by atoms with Gasteiger partial charge in [0.1, 0.15) is 6.54 Å². The maximum absolute atomic E-state index is 13.0. The molecule has 0 radical (unpaired) electrons. The van der Waals surface area contributed by atoms with Gasteiger partial charge in [0.25, 0.3) is 5.91 Å². The number of hydrogen-bond donors (Lipinski definition) is 0. The highest BCUT2D eigenvalue weighted by Crippen LogP contribution is 2.20. The molecule has 20 heavy (non-hydrogen) atoms. The first kappa shape index (κ1) is 16.3. The van der Waals surface area contributed by atoms with Crippen molar-refractivity contribution < 1.29 is 31.1 Å². The molecule has 112 valence electrons. The SMILES string of the molecule is CCCN(CC(F)(F)F)C(=O)c1cc(F)c(F)c(F)c1. The Balaban J connectivity index is 3.06. The minimum Gasteiger partial charge on any atom is -0.330 e. The molecule has 0 unspecified atom stereocenters. The van der Waals surface area contributed by atoms with Gasteiger partial charge in [-0.05, 0) is 18.6 Å². The van der Waals surface area contributed by atoms with Crippen LogP contribution in [0.2, 0.25) is 0 Å². The maximum atomic E-state index is 13.0. The van der Waals surface area contributed by atoms with Crippen LogP contribution in [0.5, 0.6) is 0 Å². The van der Waals surface area contributed by atoms with Gasteiger partial charge in [-0.25, -0.2) is 13.2 Å². The van der Waals surface area contributed by atoms with Gasteiger partial charge in [-0.2, -0.15) is 13.2 Å². The highest BCUT2D eigenvalue weighted by molar-refractivity contribution is 5.94. The van der Waals surface area contributed by atoms with Crippen molar-refractivity contribution in [2.75, 3.05) is 13.1 Å². The number of carbonyl (C=O) groups excluding carboxylic acids is 1. The van der Waals surface area contributed by atoms with E-state index in [1.807, 2.05) is 0 Å². The van der Waals surface area contributed by atoms with Crippen LogP contribution in [0.1, 0.15) is 23.7 Å². The molecule has 2 nitrogen and oxygen atoms in total. The van der Waals surface area contributed by atoms with Crippen LogP contribution >= 0.6 is 0 Å². The van der Waals surface area contributed by atoms with Crippen molar-refractivity contribution in [2.24, 2.45) is 0 Å². The molecule has 0 saturated carbocycles. The number of alkyl halides is 3. The van der Waals surface area contributed by atoms with Crippen LogP contribution < -0.4 is 0 Å². The van der Waals surface area contributed by atoms with E-state index in [4.69, 9.17) is 0 Å². The fourth-order valence-corrected chi connectivity index (χ4v) is 1.60. The summed E-state index contributed by atoms with van der Waals surface area (Å²) < 4.78 is 75.7. The lowest BCUT2D eigenvalue weighted by molar-refractivity contribution is -0.140. The van der Waals surface area contributed by atoms with Crippen molar-refractivity contribution in [3.05, 3.63) is 35.1 Å². The summed E-state index contributed by atoms with van der Waals surface area (Å²) in [6, 6.07) is 0.750. The molecule has 0 aliphatic carbocycles. The van der Waals surface area contributed by atoms with E-state index in [2.05, 4.69) is 0 Å². The van der Waals surface area contributed by atoms with Gasteiger partial charge < -0.3 is 4.90 Å². The van der Waals surface area contributed by atoms with Gasteiger partial charge in [0.05, 0.1) is 0 Å². The number of rotatable bonds is 4. The normalized spacial score (nSPS) is 11.6. The summed E-state index contributed by atoms with van der Waals surface area (Å²) in [6.07, 6.45) is -4.41. The highest BCUT2D eigenvalue weighted by atomic mass is 19.4. The first-order valence-electron chi connectivity index (χ1n) is 5.66. The predicted octanol–water partition coefficient (Wildman–Crippen LogP) is 3.52. The molecule has 0 N–H and O–H groups in total. The Hall–Kier alpha value is -1.73. The van der Waals surface area contributed by atoms with Crippen molar-refractivity contribution in [3.8, 4) is 0 Å². The average Bonchev–Trinajstić information content (AvgIpc) is 2.32. The van der Waals surface area contributed by atoms with Crippen molar-refractivity contribution in [1.29, 1.82) is 0 Å². The van der Waals surface area contributed by atoms with E-state index < -0.39 is 41.6 Å². The Morgan fingerprint density at radius 2 is 1.65 bits per heavy atom. The maximum Gasteiger partial charge on any atom is 0.406 e. The summed E-state index contributed by atoms with van der Waals surface area (Å²) in [6.45, 7) is -0.234. The van der Waals surface area contributed by atoms with Gasteiger partial charge in [-0.3, -0.25) is 4.79 Å². The zero-order chi connectivity index (χ0) is 15.5. The van der Waals surface area contributed by atoms with E-state index in [0.29, 0.717) is 17.0 Å². The molecular formula is C12H11F6NO. The second kappa shape index (κ2) is 6.15. The summed E-state index contributed by atoms with van der Waals surface area (Å²) in [7, 11) is 0. The largest absolute Gasteiger partial charge is 0.406 e. The van der Waals surface area contributed by atoms with Gasteiger partial charge >= 0.3 is 6.18 Å². The van der Waals surface area contributed by atoms with E-state index in [1.54, 1.807) is 6.92 Å². The molecule has 1 aromatic rings. The standard InChI is InChI=1S/C12H11F6NO/c1-2-3-19(6-12(16,17)18)11(20)7-4-8(13)10(15)9(14)5-7/h4-5H,2-3,6H2,1H3. The van der Waals surface area contributed by atoms with Crippen molar-refractivity contribution in [1.82, 2.24) is 4.90 Å². The monoisotopic (exact) mass is 299 g/mol. The Morgan fingerprint density at radius 1 is 1.15 bits per heavy atom. The van der Waals surface area contributed by atoms with Gasteiger partial charge in [-0.15, -0.1) is 0 Å². The topological polar surface area (TPSA) is 20.3 Å². The lowest BCUT2D eigenvalue weighted by Crippen LogP contribution is -2.39. The lowest BCUT2D eigenvalue weighted by atomic mass is 10.1. The number of benzene rings is 1. The lowest BCUT2D eigenvalue weighted by Gasteiger charge is -2.23. The molecule has 1 rings (SSSR count). The van der Waals surface area contributed by atoms with Crippen LogP contribution in [0, 0.1) is 17.5 Å². The molecule has 1 amide bonds. The van der Waals surface area contributed by atoms with Crippen molar-refractivity contribution >= 4 is 5.91 Å². The molecule has 0 bridgehead atoms. The van der Waals surface area contributed by atoms with E-state index in [0.717, 1.165) is 0 Å². The fraction of sp³-hybridized carbons (Fsp3) is 0.417. The van der Waals surface area contributed by atoms with Gasteiger partial charge in [0.2, 0.25) is 0 Å². The molecule has 0 aliphatic heterocycles. The zero-order valence-electron chi connectivity index (χ0n) is 10.4. The number of nitrogens with zero attached hydrogens (tertiary/aromatic N) is 1. The van der Waals surface area contributed by atoms with Gasteiger partial charge in [0.15, 0.2) is 17.5 Å². The predicted molar refractivity (Wildman–Crippen MR) is 58.6 cm³/mol. The Labute approximate surface area is 111 Å². The van der Waals surface area contributed by atoms with Crippen LogP contribution in [0.15, 0.2) is 12.1 Å². The minimum atomic E-state index is -4.64. The minimum absolute atomic E-state index is 0.230. The third-order valence-electron chi connectivity index (χ3n) is 2.38. The molecule has 0 fully saturated rings. The van der Waals surface area contributed by atoms with E-state index in [1.165, 1.54) is 0 Å². The second-order valence-electron chi connectivity index (χ2n) is 4.10. The van der Waals surface area contributed by atoms with Crippen LogP contribution in [-0.2, 0) is 0 Å². The molecule has 1 aromatic carbocycles. The Morgan fingerprint density at radius 3 is 2.05 bits per heavy atom. The molecular weight excluding hydrogens is 288 g/mol. The first-order valence-corrected chi connectivity index (χ1v) is 5.66. The molecule has 8 heteroatoms. The molecule has 0 aliphatic rings. The summed E-state index contributed by atoms with van der Waals surface area (Å²) in [5, 5.41) is 0. The van der Waals surface area contributed by atoms with Gasteiger partial charge in [-0.1, -0.05) is 6.92 Å². The molecule has 0 atom stereocenters. The third-order valence-corrected chi connectivity index (χ3v) is 2.38. The highest BCUT2D eigenvalue weighted by Gasteiger charge is 2.33. The van der Waals surface area contributed by atoms with Crippen LogP contribution in [-0.4, -0.2) is 30.1 Å². The fourth-order valence-electron chi connectivity index (χ4n) is 1.60. The Bertz CT molecular complexity index is 476. The van der Waals surface area contributed by atoms with Crippen LogP contribution in [0.25, 0.3) is 0 Å². The van der Waals surface area contributed by atoms with Crippen LogP contribution in [0.4, 0.5) is 26.3 Å². The first-order chi connectivity index (χ1) is 9.15. The summed E-state index contributed by atoms with van der Waals surface area (Å²) >= 11 is 0. The van der Waals surface area contributed by atoms with E-state index >= 15 is 0 Å².